The molecule has 0 saturated carbocycles. The van der Waals surface area contributed by atoms with E-state index in [0.29, 0.717) is 5.56 Å². The van der Waals surface area contributed by atoms with Crippen LogP contribution in [0.5, 0.6) is 0 Å². The summed E-state index contributed by atoms with van der Waals surface area (Å²) >= 11 is 0. The number of fused-ring (bicyclic) bond motifs is 1. The van der Waals surface area contributed by atoms with Crippen LogP contribution in [0, 0.1) is 13.8 Å². The average Bonchev–Trinajstić information content (AvgIpc) is 2.64. The Morgan fingerprint density at radius 2 is 1.86 bits per heavy atom. The molecular formula is C22H24N2O4. The van der Waals surface area contributed by atoms with Crippen LogP contribution in [0.4, 0.5) is 5.69 Å². The number of nitrogens with zero attached hydrogens (tertiary/aromatic N) is 1. The molecule has 146 valence electrons. The predicted molar refractivity (Wildman–Crippen MR) is 106 cm³/mol. The van der Waals surface area contributed by atoms with Crippen LogP contribution >= 0.6 is 0 Å². The fraction of sp³-hybridized carbons (Fsp3) is 0.318. The average molecular weight is 380 g/mol. The van der Waals surface area contributed by atoms with Gasteiger partial charge in [0.15, 0.2) is 5.60 Å². The van der Waals surface area contributed by atoms with E-state index in [-0.39, 0.29) is 18.9 Å². The van der Waals surface area contributed by atoms with Gasteiger partial charge in [0.2, 0.25) is 5.91 Å². The molecule has 0 aromatic heterocycles. The minimum absolute atomic E-state index is 0.138. The molecule has 1 N–H and O–H groups in total. The van der Waals surface area contributed by atoms with Crippen LogP contribution in [-0.2, 0) is 20.7 Å². The van der Waals surface area contributed by atoms with Crippen LogP contribution in [0.2, 0.25) is 0 Å². The van der Waals surface area contributed by atoms with Crippen LogP contribution in [0.25, 0.3) is 0 Å². The number of nitrogens with one attached hydrogen (secondary N) is 1. The number of carbonyl (C=O) groups is 3. The number of hydrogen-bond acceptors (Lipinski definition) is 4. The molecule has 2 aromatic carbocycles. The molecule has 28 heavy (non-hydrogen) atoms. The van der Waals surface area contributed by atoms with Gasteiger partial charge in [-0.3, -0.25) is 9.59 Å². The van der Waals surface area contributed by atoms with Gasteiger partial charge in [-0.25, -0.2) is 4.79 Å². The number of ether oxygens (including phenoxy) is 1. The maximum absolute atomic E-state index is 13.0. The van der Waals surface area contributed by atoms with Gasteiger partial charge in [-0.2, -0.15) is 0 Å². The second-order valence-electron chi connectivity index (χ2n) is 7.41. The lowest BCUT2D eigenvalue weighted by Crippen LogP contribution is -2.53. The third-order valence-corrected chi connectivity index (χ3v) is 5.14. The van der Waals surface area contributed by atoms with Gasteiger partial charge in [0.25, 0.3) is 5.91 Å². The summed E-state index contributed by atoms with van der Waals surface area (Å²) in [6.07, 6.45) is 0.274. The Bertz CT molecular complexity index is 953. The van der Waals surface area contributed by atoms with Gasteiger partial charge in [-0.05, 0) is 49.6 Å². The highest BCUT2D eigenvalue weighted by atomic mass is 16.6. The lowest BCUT2D eigenvalue weighted by atomic mass is 9.89. The van der Waals surface area contributed by atoms with Gasteiger partial charge in [0.1, 0.15) is 0 Å². The zero-order valence-corrected chi connectivity index (χ0v) is 16.5. The smallest absolute Gasteiger partial charge is 0.339 e. The van der Waals surface area contributed by atoms with Crippen molar-refractivity contribution in [3.8, 4) is 0 Å². The number of aryl methyl sites for hydroxylation is 1. The monoisotopic (exact) mass is 380 g/mol. The first kappa shape index (κ1) is 19.6. The van der Waals surface area contributed by atoms with Gasteiger partial charge < -0.3 is 15.0 Å². The van der Waals surface area contributed by atoms with Crippen molar-refractivity contribution in [3.63, 3.8) is 0 Å². The summed E-state index contributed by atoms with van der Waals surface area (Å²) in [5, 5.41) is 2.84. The number of benzene rings is 2. The van der Waals surface area contributed by atoms with E-state index < -0.39 is 17.5 Å². The number of likely N-dealkylation sites (N-methyl/N-ethyl adjacent to an activating group) is 1. The van der Waals surface area contributed by atoms with Gasteiger partial charge in [-0.15, -0.1) is 0 Å². The van der Waals surface area contributed by atoms with E-state index in [1.54, 1.807) is 19.1 Å². The minimum Gasteiger partial charge on any atom is -0.445 e. The lowest BCUT2D eigenvalue weighted by molar-refractivity contribution is -0.151. The van der Waals surface area contributed by atoms with E-state index in [9.17, 15) is 14.4 Å². The third kappa shape index (κ3) is 3.76. The summed E-state index contributed by atoms with van der Waals surface area (Å²) in [5.41, 5.74) is 2.68. The topological polar surface area (TPSA) is 75.7 Å². The number of anilines is 1. The van der Waals surface area contributed by atoms with E-state index in [4.69, 9.17) is 4.74 Å². The third-order valence-electron chi connectivity index (χ3n) is 5.14. The summed E-state index contributed by atoms with van der Waals surface area (Å²) in [4.78, 5) is 39.0. The Kier molecular flexibility index (Phi) is 5.23. The van der Waals surface area contributed by atoms with Gasteiger partial charge in [0.05, 0.1) is 12.1 Å². The molecule has 0 radical (unpaired) electrons. The molecule has 0 spiro atoms. The summed E-state index contributed by atoms with van der Waals surface area (Å²) in [7, 11) is 1.53. The molecule has 6 nitrogen and oxygen atoms in total. The van der Waals surface area contributed by atoms with Crippen LogP contribution < -0.4 is 5.32 Å². The van der Waals surface area contributed by atoms with Crippen molar-refractivity contribution in [1.82, 2.24) is 4.90 Å². The number of carbonyl (C=O) groups excluding carboxylic acids is 3. The van der Waals surface area contributed by atoms with Crippen molar-refractivity contribution in [2.24, 2.45) is 0 Å². The van der Waals surface area contributed by atoms with Crippen molar-refractivity contribution in [3.05, 3.63) is 64.7 Å². The maximum Gasteiger partial charge on any atom is 0.339 e. The van der Waals surface area contributed by atoms with Crippen LogP contribution in [0.1, 0.15) is 34.0 Å². The van der Waals surface area contributed by atoms with Crippen molar-refractivity contribution >= 4 is 23.5 Å². The van der Waals surface area contributed by atoms with Crippen molar-refractivity contribution in [2.45, 2.75) is 32.8 Å². The molecule has 1 unspecified atom stereocenters. The highest BCUT2D eigenvalue weighted by Gasteiger charge is 2.44. The number of cyclic esters (lactones) is 1. The summed E-state index contributed by atoms with van der Waals surface area (Å²) in [5.74, 6) is -1.24. The van der Waals surface area contributed by atoms with Crippen LogP contribution in [0.3, 0.4) is 0 Å². The zero-order valence-electron chi connectivity index (χ0n) is 16.5. The summed E-state index contributed by atoms with van der Waals surface area (Å²) in [6, 6.07) is 12.7. The molecule has 1 aliphatic heterocycles. The largest absolute Gasteiger partial charge is 0.445 e. The molecule has 0 saturated heterocycles. The Hall–Kier alpha value is -3.15. The fourth-order valence-electron chi connectivity index (χ4n) is 3.42. The Morgan fingerprint density at radius 3 is 2.61 bits per heavy atom. The van der Waals surface area contributed by atoms with Crippen molar-refractivity contribution in [1.29, 1.82) is 0 Å². The van der Waals surface area contributed by atoms with E-state index >= 15 is 0 Å². The fourth-order valence-corrected chi connectivity index (χ4v) is 3.42. The minimum atomic E-state index is -1.33. The number of amides is 2. The first-order valence-electron chi connectivity index (χ1n) is 9.14. The van der Waals surface area contributed by atoms with Crippen LogP contribution in [0.15, 0.2) is 42.5 Å². The second-order valence-corrected chi connectivity index (χ2v) is 7.41. The second kappa shape index (κ2) is 7.46. The Labute approximate surface area is 164 Å². The number of esters is 1. The first-order valence-corrected chi connectivity index (χ1v) is 9.14. The van der Waals surface area contributed by atoms with E-state index in [1.165, 1.54) is 11.9 Å². The molecular weight excluding hydrogens is 356 g/mol. The summed E-state index contributed by atoms with van der Waals surface area (Å²) < 4.78 is 5.46. The molecule has 3 rings (SSSR count). The van der Waals surface area contributed by atoms with Crippen molar-refractivity contribution < 1.29 is 19.1 Å². The SMILES string of the molecule is Cc1cccc(NC(=O)CN(C)C(=O)C2(C)Cc3ccccc3C(=O)O2)c1C. The van der Waals surface area contributed by atoms with Crippen LogP contribution in [-0.4, -0.2) is 41.9 Å². The van der Waals surface area contributed by atoms with Gasteiger partial charge in [0, 0.05) is 19.2 Å². The molecule has 1 aliphatic rings. The normalized spacial score (nSPS) is 18.1. The Morgan fingerprint density at radius 1 is 1.14 bits per heavy atom. The summed E-state index contributed by atoms with van der Waals surface area (Å²) in [6.45, 7) is 5.35. The molecule has 0 bridgehead atoms. The zero-order chi connectivity index (χ0) is 20.5. The molecule has 1 heterocycles. The Balaban J connectivity index is 1.70. The lowest BCUT2D eigenvalue weighted by Gasteiger charge is -2.35. The molecule has 0 aliphatic carbocycles. The van der Waals surface area contributed by atoms with Gasteiger partial charge in [-0.1, -0.05) is 30.3 Å². The molecule has 0 fully saturated rings. The highest BCUT2D eigenvalue weighted by molar-refractivity contribution is 5.99. The number of rotatable bonds is 4. The standard InChI is InChI=1S/C22H24N2O4/c1-14-8-7-11-18(15(14)2)23-19(25)13-24(4)21(27)22(3)12-16-9-5-6-10-17(16)20(26)28-22/h5-11H,12-13H2,1-4H3,(H,23,25). The first-order chi connectivity index (χ1) is 13.2. The van der Waals surface area contributed by atoms with Crippen molar-refractivity contribution in [2.75, 3.05) is 18.9 Å². The molecule has 2 aromatic rings. The van der Waals surface area contributed by atoms with E-state index in [0.717, 1.165) is 22.4 Å². The number of hydrogen-bond donors (Lipinski definition) is 1. The molecule has 1 atom stereocenters. The highest BCUT2D eigenvalue weighted by Crippen LogP contribution is 2.29. The maximum atomic E-state index is 13.0. The van der Waals surface area contributed by atoms with E-state index in [2.05, 4.69) is 5.32 Å². The van der Waals surface area contributed by atoms with E-state index in [1.807, 2.05) is 44.2 Å². The predicted octanol–water partition coefficient (Wildman–Crippen LogP) is 2.87. The van der Waals surface area contributed by atoms with Gasteiger partial charge >= 0.3 is 5.97 Å². The molecule has 6 heteroatoms. The molecule has 2 amide bonds. The quantitative estimate of drug-likeness (QED) is 0.828.